The molecule has 1 atom stereocenters. The number of carbonyl (C=O) groups is 1. The molecular weight excluding hydrogens is 320 g/mol. The number of fused-ring (bicyclic) bond motifs is 2. The standard InChI is InChI=1S/C20H23ClN2O/c1-13-6-4-5-11-23(13)20(24)14-9-10-16-18(12-14)22-17-8-3-2-7-15(17)19(16)21/h9-10,12-13H,2-8,11H2,1H3/t13-/m1/s1. The highest BCUT2D eigenvalue weighted by molar-refractivity contribution is 6.36. The maximum absolute atomic E-state index is 12.9. The minimum Gasteiger partial charge on any atom is -0.336 e. The second-order valence-corrected chi connectivity index (χ2v) is 7.51. The van der Waals surface area contributed by atoms with Gasteiger partial charge in [-0.1, -0.05) is 17.7 Å². The van der Waals surface area contributed by atoms with E-state index >= 15 is 0 Å². The number of piperidine rings is 1. The van der Waals surface area contributed by atoms with E-state index in [1.54, 1.807) is 0 Å². The Hall–Kier alpha value is -1.61. The summed E-state index contributed by atoms with van der Waals surface area (Å²) in [6.45, 7) is 3.00. The fourth-order valence-electron chi connectivity index (χ4n) is 4.07. The fourth-order valence-corrected chi connectivity index (χ4v) is 4.43. The molecule has 3 nitrogen and oxygen atoms in total. The zero-order chi connectivity index (χ0) is 16.7. The predicted octanol–water partition coefficient (Wildman–Crippen LogP) is 4.78. The van der Waals surface area contributed by atoms with Crippen molar-refractivity contribution in [1.82, 2.24) is 9.88 Å². The molecule has 0 radical (unpaired) electrons. The predicted molar refractivity (Wildman–Crippen MR) is 97.7 cm³/mol. The Morgan fingerprint density at radius 3 is 2.88 bits per heavy atom. The number of likely N-dealkylation sites (tertiary alicyclic amines) is 1. The maximum atomic E-state index is 12.9. The Morgan fingerprint density at radius 1 is 1.21 bits per heavy atom. The number of rotatable bonds is 1. The van der Waals surface area contributed by atoms with Gasteiger partial charge in [-0.2, -0.15) is 0 Å². The topological polar surface area (TPSA) is 33.2 Å². The first kappa shape index (κ1) is 15.9. The minimum absolute atomic E-state index is 0.125. The van der Waals surface area contributed by atoms with Crippen molar-refractivity contribution >= 4 is 28.4 Å². The highest BCUT2D eigenvalue weighted by Crippen LogP contribution is 2.33. The molecule has 0 unspecified atom stereocenters. The van der Waals surface area contributed by atoms with Gasteiger partial charge in [-0.25, -0.2) is 0 Å². The Bertz CT molecular complexity index is 802. The van der Waals surface area contributed by atoms with Crippen LogP contribution in [0, 0.1) is 0 Å². The van der Waals surface area contributed by atoms with E-state index in [4.69, 9.17) is 16.6 Å². The highest BCUT2D eigenvalue weighted by atomic mass is 35.5. The van der Waals surface area contributed by atoms with Gasteiger partial charge in [0.1, 0.15) is 0 Å². The molecule has 2 heterocycles. The Morgan fingerprint density at radius 2 is 2.04 bits per heavy atom. The van der Waals surface area contributed by atoms with Crippen molar-refractivity contribution in [2.75, 3.05) is 6.54 Å². The van der Waals surface area contributed by atoms with Gasteiger partial charge in [0.2, 0.25) is 0 Å². The van der Waals surface area contributed by atoms with Gasteiger partial charge >= 0.3 is 0 Å². The van der Waals surface area contributed by atoms with E-state index in [2.05, 4.69) is 6.92 Å². The molecule has 1 aromatic heterocycles. The zero-order valence-corrected chi connectivity index (χ0v) is 14.9. The van der Waals surface area contributed by atoms with Crippen LogP contribution in [0.1, 0.15) is 60.6 Å². The lowest BCUT2D eigenvalue weighted by Gasteiger charge is -2.33. The molecule has 1 aliphatic carbocycles. The second-order valence-electron chi connectivity index (χ2n) is 7.13. The van der Waals surface area contributed by atoms with Crippen LogP contribution in [0.4, 0.5) is 0 Å². The van der Waals surface area contributed by atoms with Crippen molar-refractivity contribution in [2.24, 2.45) is 0 Å². The van der Waals surface area contributed by atoms with Gasteiger partial charge in [-0.15, -0.1) is 0 Å². The molecular formula is C20H23ClN2O. The van der Waals surface area contributed by atoms with Crippen molar-refractivity contribution in [3.63, 3.8) is 0 Å². The first-order chi connectivity index (χ1) is 11.6. The van der Waals surface area contributed by atoms with Gasteiger partial charge in [-0.05, 0) is 69.6 Å². The summed E-state index contributed by atoms with van der Waals surface area (Å²) in [5.74, 6) is 0.125. The molecule has 1 amide bonds. The molecule has 126 valence electrons. The summed E-state index contributed by atoms with van der Waals surface area (Å²) in [7, 11) is 0. The van der Waals surface area contributed by atoms with Gasteiger partial charge < -0.3 is 4.90 Å². The maximum Gasteiger partial charge on any atom is 0.254 e. The van der Waals surface area contributed by atoms with Crippen molar-refractivity contribution in [1.29, 1.82) is 0 Å². The number of halogens is 1. The first-order valence-corrected chi connectivity index (χ1v) is 9.45. The van der Waals surface area contributed by atoms with E-state index in [1.165, 1.54) is 24.8 Å². The summed E-state index contributed by atoms with van der Waals surface area (Å²) in [5, 5.41) is 1.81. The van der Waals surface area contributed by atoms with Crippen LogP contribution in [0.3, 0.4) is 0 Å². The Kier molecular flexibility index (Phi) is 4.21. The van der Waals surface area contributed by atoms with Crippen LogP contribution in [-0.2, 0) is 12.8 Å². The third-order valence-corrected chi connectivity index (χ3v) is 5.94. The van der Waals surface area contributed by atoms with Gasteiger partial charge in [-0.3, -0.25) is 9.78 Å². The number of hydrogen-bond donors (Lipinski definition) is 0. The second kappa shape index (κ2) is 6.36. The smallest absolute Gasteiger partial charge is 0.254 e. The molecule has 2 aromatic rings. The third-order valence-electron chi connectivity index (χ3n) is 5.50. The van der Waals surface area contributed by atoms with E-state index in [0.717, 1.165) is 59.4 Å². The van der Waals surface area contributed by atoms with Crippen molar-refractivity contribution in [3.8, 4) is 0 Å². The number of benzene rings is 1. The van der Waals surface area contributed by atoms with Crippen molar-refractivity contribution in [3.05, 3.63) is 40.0 Å². The summed E-state index contributed by atoms with van der Waals surface area (Å²) in [5.41, 5.74) is 3.92. The van der Waals surface area contributed by atoms with Gasteiger partial charge in [0.05, 0.1) is 10.5 Å². The lowest BCUT2D eigenvalue weighted by atomic mass is 9.94. The van der Waals surface area contributed by atoms with Crippen LogP contribution in [0.25, 0.3) is 10.9 Å². The summed E-state index contributed by atoms with van der Waals surface area (Å²) in [6, 6.07) is 6.14. The SMILES string of the molecule is C[C@@H]1CCCCN1C(=O)c1ccc2c(Cl)c3c(nc2c1)CCCC3. The zero-order valence-electron chi connectivity index (χ0n) is 14.1. The van der Waals surface area contributed by atoms with Crippen LogP contribution in [0.2, 0.25) is 5.02 Å². The van der Waals surface area contributed by atoms with E-state index in [1.807, 2.05) is 23.1 Å². The molecule has 1 aromatic carbocycles. The molecule has 0 saturated carbocycles. The number of pyridine rings is 1. The molecule has 0 N–H and O–H groups in total. The number of aromatic nitrogens is 1. The molecule has 4 rings (SSSR count). The van der Waals surface area contributed by atoms with Crippen LogP contribution >= 0.6 is 11.6 Å². The molecule has 0 spiro atoms. The molecule has 1 fully saturated rings. The number of hydrogen-bond acceptors (Lipinski definition) is 2. The van der Waals surface area contributed by atoms with Crippen molar-refractivity contribution in [2.45, 2.75) is 57.9 Å². The van der Waals surface area contributed by atoms with E-state index in [-0.39, 0.29) is 5.91 Å². The lowest BCUT2D eigenvalue weighted by Crippen LogP contribution is -2.42. The largest absolute Gasteiger partial charge is 0.336 e. The Labute approximate surface area is 148 Å². The van der Waals surface area contributed by atoms with E-state index in [9.17, 15) is 4.79 Å². The first-order valence-electron chi connectivity index (χ1n) is 9.07. The van der Waals surface area contributed by atoms with Gasteiger partial charge in [0.25, 0.3) is 5.91 Å². The van der Waals surface area contributed by atoms with Crippen molar-refractivity contribution < 1.29 is 4.79 Å². The molecule has 4 heteroatoms. The van der Waals surface area contributed by atoms with E-state index in [0.29, 0.717) is 6.04 Å². The molecule has 0 bridgehead atoms. The molecule has 2 aliphatic rings. The quantitative estimate of drug-likeness (QED) is 0.747. The number of amides is 1. The summed E-state index contributed by atoms with van der Waals surface area (Å²) in [4.78, 5) is 19.7. The fraction of sp³-hybridized carbons (Fsp3) is 0.500. The number of aryl methyl sites for hydroxylation is 1. The van der Waals surface area contributed by atoms with Gasteiger partial charge in [0, 0.05) is 29.2 Å². The highest BCUT2D eigenvalue weighted by Gasteiger charge is 2.25. The summed E-state index contributed by atoms with van der Waals surface area (Å²) < 4.78 is 0. The number of carbonyl (C=O) groups excluding carboxylic acids is 1. The molecule has 24 heavy (non-hydrogen) atoms. The minimum atomic E-state index is 0.125. The van der Waals surface area contributed by atoms with Crippen LogP contribution in [0.5, 0.6) is 0 Å². The third kappa shape index (κ3) is 2.69. The molecule has 1 aliphatic heterocycles. The van der Waals surface area contributed by atoms with E-state index < -0.39 is 0 Å². The Balaban J connectivity index is 1.74. The summed E-state index contributed by atoms with van der Waals surface area (Å²) in [6.07, 6.45) is 7.77. The lowest BCUT2D eigenvalue weighted by molar-refractivity contribution is 0.0636. The molecule has 1 saturated heterocycles. The monoisotopic (exact) mass is 342 g/mol. The van der Waals surface area contributed by atoms with Crippen LogP contribution in [0.15, 0.2) is 18.2 Å². The van der Waals surface area contributed by atoms with Crippen LogP contribution in [-0.4, -0.2) is 28.4 Å². The average molecular weight is 343 g/mol. The number of nitrogens with zero attached hydrogens (tertiary/aromatic N) is 2. The normalized spacial score (nSPS) is 20.9. The van der Waals surface area contributed by atoms with Crippen LogP contribution < -0.4 is 0 Å². The summed E-state index contributed by atoms with van der Waals surface area (Å²) >= 11 is 6.63. The average Bonchev–Trinajstić information content (AvgIpc) is 2.61. The van der Waals surface area contributed by atoms with Gasteiger partial charge in [0.15, 0.2) is 0 Å².